The Morgan fingerprint density at radius 1 is 1.59 bits per heavy atom. The van der Waals surface area contributed by atoms with E-state index < -0.39 is 0 Å². The Bertz CT molecular complexity index is 497. The topological polar surface area (TPSA) is 24.9 Å². The lowest BCUT2D eigenvalue weighted by atomic mass is 10.1. The van der Waals surface area contributed by atoms with Crippen LogP contribution in [0.4, 0.5) is 0 Å². The molecule has 0 spiro atoms. The van der Waals surface area contributed by atoms with Gasteiger partial charge < -0.3 is 5.32 Å². The van der Waals surface area contributed by atoms with E-state index in [9.17, 15) is 0 Å². The van der Waals surface area contributed by atoms with E-state index in [-0.39, 0.29) is 0 Å². The molecule has 2 nitrogen and oxygen atoms in total. The van der Waals surface area contributed by atoms with Crippen molar-refractivity contribution in [3.63, 3.8) is 0 Å². The van der Waals surface area contributed by atoms with E-state index in [1.54, 1.807) is 0 Å². The lowest BCUT2D eigenvalue weighted by molar-refractivity contribution is 1.13. The van der Waals surface area contributed by atoms with E-state index in [0.717, 1.165) is 33.0 Å². The van der Waals surface area contributed by atoms with Crippen LogP contribution in [-0.4, -0.2) is 15.7 Å². The number of thiocarbonyl (C=S) groups is 1. The van der Waals surface area contributed by atoms with Gasteiger partial charge in [0.2, 0.25) is 0 Å². The fraction of sp³-hybridized carbons (Fsp3) is 0.333. The minimum absolute atomic E-state index is 0.799. The van der Waals surface area contributed by atoms with Gasteiger partial charge in [0.1, 0.15) is 0 Å². The molecule has 1 aromatic heterocycles. The highest BCUT2D eigenvalue weighted by Crippen LogP contribution is 2.33. The maximum atomic E-state index is 5.21. The van der Waals surface area contributed by atoms with Crippen LogP contribution in [0, 0.1) is 0 Å². The quantitative estimate of drug-likeness (QED) is 0.669. The monoisotopic (exact) mass is 328 g/mol. The molecule has 2 heterocycles. The number of allylic oxidation sites excluding steroid dienone is 1. The molecule has 0 saturated heterocycles. The largest absolute Gasteiger partial charge is 0.353 e. The van der Waals surface area contributed by atoms with Crippen LogP contribution in [0.1, 0.15) is 26.0 Å². The predicted molar refractivity (Wildman–Crippen MR) is 81.3 cm³/mol. The van der Waals surface area contributed by atoms with Crippen molar-refractivity contribution < 1.29 is 0 Å². The van der Waals surface area contributed by atoms with Gasteiger partial charge in [0, 0.05) is 33.3 Å². The van der Waals surface area contributed by atoms with Crippen molar-refractivity contribution in [1.29, 1.82) is 0 Å². The van der Waals surface area contributed by atoms with Gasteiger partial charge in [-0.15, -0.1) is 11.8 Å². The number of hydrogen-bond acceptors (Lipinski definition) is 3. The summed E-state index contributed by atoms with van der Waals surface area (Å²) in [5, 5.41) is 3.20. The molecule has 0 unspecified atom stereocenters. The third-order valence-electron chi connectivity index (χ3n) is 2.52. The van der Waals surface area contributed by atoms with Gasteiger partial charge in [-0.2, -0.15) is 0 Å². The van der Waals surface area contributed by atoms with Gasteiger partial charge in [-0.25, -0.2) is 0 Å². The van der Waals surface area contributed by atoms with Crippen LogP contribution in [0.3, 0.4) is 0 Å². The maximum absolute atomic E-state index is 5.21. The molecule has 17 heavy (non-hydrogen) atoms. The second-order valence-electron chi connectivity index (χ2n) is 3.76. The number of nitrogens with zero attached hydrogens (tertiary/aromatic N) is 1. The molecule has 0 bridgehead atoms. The highest BCUT2D eigenvalue weighted by molar-refractivity contribution is 9.10. The first kappa shape index (κ1) is 13.1. The van der Waals surface area contributed by atoms with Crippen LogP contribution in [0.25, 0.3) is 5.57 Å². The molecular weight excluding hydrogens is 316 g/mol. The number of pyridine rings is 1. The number of aromatic nitrogens is 1. The average Bonchev–Trinajstić information content (AvgIpc) is 2.59. The van der Waals surface area contributed by atoms with E-state index >= 15 is 0 Å². The molecule has 0 atom stereocenters. The normalized spacial score (nSPS) is 15.4. The van der Waals surface area contributed by atoms with Crippen molar-refractivity contribution in [1.82, 2.24) is 10.3 Å². The van der Waals surface area contributed by atoms with E-state index in [2.05, 4.69) is 46.1 Å². The smallest absolute Gasteiger partial charge is 0.0840 e. The molecular formula is C12H13BrN2S2. The molecule has 0 aromatic carbocycles. The van der Waals surface area contributed by atoms with Gasteiger partial charge in [-0.1, -0.05) is 19.1 Å². The molecule has 1 aliphatic heterocycles. The molecule has 1 N–H and O–H groups in total. The van der Waals surface area contributed by atoms with Crippen molar-refractivity contribution in [2.45, 2.75) is 25.2 Å². The second kappa shape index (κ2) is 5.50. The van der Waals surface area contributed by atoms with Crippen LogP contribution in [0.5, 0.6) is 0 Å². The SMILES string of the molecule is CCSc1cc(Br)cnc1C1=C(C)NC(=S)C1. The van der Waals surface area contributed by atoms with Gasteiger partial charge in [0.15, 0.2) is 0 Å². The Hall–Kier alpha value is -0.390. The Morgan fingerprint density at radius 2 is 2.35 bits per heavy atom. The number of thioether (sulfide) groups is 1. The molecule has 1 aliphatic rings. The van der Waals surface area contributed by atoms with E-state index in [0.29, 0.717) is 0 Å². The summed E-state index contributed by atoms with van der Waals surface area (Å²) in [5.41, 5.74) is 3.41. The summed E-state index contributed by atoms with van der Waals surface area (Å²) in [5.74, 6) is 1.04. The Morgan fingerprint density at radius 3 is 2.94 bits per heavy atom. The first-order valence-electron chi connectivity index (χ1n) is 5.40. The van der Waals surface area contributed by atoms with Crippen LogP contribution >= 0.6 is 39.9 Å². The minimum atomic E-state index is 0.799. The maximum Gasteiger partial charge on any atom is 0.0840 e. The van der Waals surface area contributed by atoms with Crippen molar-refractivity contribution in [2.75, 3.05) is 5.75 Å². The molecule has 0 saturated carbocycles. The lowest BCUT2D eigenvalue weighted by Crippen LogP contribution is -2.10. The van der Waals surface area contributed by atoms with E-state index in [1.165, 1.54) is 10.5 Å². The van der Waals surface area contributed by atoms with Gasteiger partial charge >= 0.3 is 0 Å². The van der Waals surface area contributed by atoms with Gasteiger partial charge in [0.05, 0.1) is 10.7 Å². The number of nitrogens with one attached hydrogen (secondary N) is 1. The third-order valence-corrected chi connectivity index (χ3v) is 4.11. The fourth-order valence-corrected chi connectivity index (χ4v) is 3.41. The zero-order valence-corrected chi connectivity index (χ0v) is 12.9. The van der Waals surface area contributed by atoms with Crippen molar-refractivity contribution in [2.24, 2.45) is 0 Å². The standard InChI is InChI=1S/C12H13BrN2S2/c1-3-17-10-4-8(13)6-14-12(10)9-5-11(16)15-7(9)2/h4,6H,3,5H2,1-2H3,(H,15,16). The Labute approximate surface area is 119 Å². The van der Waals surface area contributed by atoms with Crippen LogP contribution < -0.4 is 5.32 Å². The third kappa shape index (κ3) is 2.89. The highest BCUT2D eigenvalue weighted by Gasteiger charge is 2.20. The van der Waals surface area contributed by atoms with Crippen LogP contribution in [-0.2, 0) is 0 Å². The van der Waals surface area contributed by atoms with Crippen LogP contribution in [0.2, 0.25) is 0 Å². The zero-order valence-electron chi connectivity index (χ0n) is 9.71. The molecule has 0 aliphatic carbocycles. The summed E-state index contributed by atoms with van der Waals surface area (Å²) in [4.78, 5) is 6.63. The van der Waals surface area contributed by atoms with Crippen molar-refractivity contribution in [3.8, 4) is 0 Å². The molecule has 0 fully saturated rings. The van der Waals surface area contributed by atoms with Crippen LogP contribution in [0.15, 0.2) is 27.3 Å². The first-order chi connectivity index (χ1) is 8.11. The molecule has 0 amide bonds. The fourth-order valence-electron chi connectivity index (χ4n) is 1.80. The van der Waals surface area contributed by atoms with Crippen molar-refractivity contribution in [3.05, 3.63) is 28.1 Å². The van der Waals surface area contributed by atoms with E-state index in [4.69, 9.17) is 12.2 Å². The molecule has 5 heteroatoms. The van der Waals surface area contributed by atoms with Crippen molar-refractivity contribution >= 4 is 50.5 Å². The first-order valence-corrected chi connectivity index (χ1v) is 7.58. The molecule has 0 radical (unpaired) electrons. The number of hydrogen-bond donors (Lipinski definition) is 1. The second-order valence-corrected chi connectivity index (χ2v) is 6.48. The van der Waals surface area contributed by atoms with Gasteiger partial charge in [-0.3, -0.25) is 4.98 Å². The summed E-state index contributed by atoms with van der Waals surface area (Å²) in [6.45, 7) is 4.20. The summed E-state index contributed by atoms with van der Waals surface area (Å²) in [6.07, 6.45) is 2.64. The summed E-state index contributed by atoms with van der Waals surface area (Å²) in [6, 6.07) is 2.12. The number of halogens is 1. The summed E-state index contributed by atoms with van der Waals surface area (Å²) >= 11 is 10.5. The average molecular weight is 329 g/mol. The van der Waals surface area contributed by atoms with Gasteiger partial charge in [-0.05, 0) is 34.7 Å². The molecule has 90 valence electrons. The van der Waals surface area contributed by atoms with E-state index in [1.807, 2.05) is 18.0 Å². The Kier molecular flexibility index (Phi) is 4.22. The summed E-state index contributed by atoms with van der Waals surface area (Å²) < 4.78 is 1.02. The number of rotatable bonds is 3. The highest BCUT2D eigenvalue weighted by atomic mass is 79.9. The van der Waals surface area contributed by atoms with Gasteiger partial charge in [0.25, 0.3) is 0 Å². The lowest BCUT2D eigenvalue weighted by Gasteiger charge is -2.09. The summed E-state index contributed by atoms with van der Waals surface area (Å²) in [7, 11) is 0. The zero-order chi connectivity index (χ0) is 12.4. The predicted octanol–water partition coefficient (Wildman–Crippen LogP) is 4.01. The Balaban J connectivity index is 2.44. The minimum Gasteiger partial charge on any atom is -0.353 e. The molecule has 2 rings (SSSR count). The molecule has 1 aromatic rings.